The minimum absolute atomic E-state index is 0.263. The van der Waals surface area contributed by atoms with E-state index in [1.807, 2.05) is 0 Å². The highest BCUT2D eigenvalue weighted by Gasteiger charge is 2.76. The Morgan fingerprint density at radius 3 is 2.50 bits per heavy atom. The van der Waals surface area contributed by atoms with Crippen molar-refractivity contribution in [3.8, 4) is 0 Å². The normalized spacial score (nSPS) is 65.2. The third-order valence-electron chi connectivity index (χ3n) is 7.18. The van der Waals surface area contributed by atoms with Crippen LogP contribution >= 0.6 is 0 Å². The van der Waals surface area contributed by atoms with E-state index in [1.54, 1.807) is 0 Å². The molecule has 16 heavy (non-hydrogen) atoms. The van der Waals surface area contributed by atoms with Crippen LogP contribution in [0.2, 0.25) is 0 Å². The van der Waals surface area contributed by atoms with E-state index in [2.05, 4.69) is 27.7 Å². The largest absolute Gasteiger partial charge is 0.366 e. The predicted molar refractivity (Wildman–Crippen MR) is 64.1 cm³/mol. The Kier molecular flexibility index (Phi) is 1.48. The molecule has 0 aromatic carbocycles. The van der Waals surface area contributed by atoms with E-state index in [0.29, 0.717) is 16.9 Å². The molecule has 1 saturated heterocycles. The highest BCUT2D eigenvalue weighted by molar-refractivity contribution is 5.24. The molecule has 0 aromatic heterocycles. The standard InChI is InChI=1S/C15H24O/c1-9-5-6-10-13(2,3)11-7-15(9,10)8-12-14(11,4)16-12/h9-12H,5-8H2,1-4H3/t9-,10-,11-,12-,14-,15-/m1/s1. The summed E-state index contributed by atoms with van der Waals surface area (Å²) in [5, 5.41) is 0. The van der Waals surface area contributed by atoms with Gasteiger partial charge in [0, 0.05) is 0 Å². The fourth-order valence-corrected chi connectivity index (χ4v) is 6.21. The van der Waals surface area contributed by atoms with Crippen LogP contribution in [0.5, 0.6) is 0 Å². The molecular weight excluding hydrogens is 196 g/mol. The minimum atomic E-state index is 0.263. The zero-order valence-corrected chi connectivity index (χ0v) is 11.0. The van der Waals surface area contributed by atoms with Gasteiger partial charge in [-0.2, -0.15) is 0 Å². The summed E-state index contributed by atoms with van der Waals surface area (Å²) in [6, 6.07) is 0. The molecule has 6 atom stereocenters. The van der Waals surface area contributed by atoms with Crippen molar-refractivity contribution < 1.29 is 4.74 Å². The quantitative estimate of drug-likeness (QED) is 0.568. The van der Waals surface area contributed by atoms with Gasteiger partial charge in [-0.25, -0.2) is 0 Å². The molecule has 4 fully saturated rings. The van der Waals surface area contributed by atoms with Crippen LogP contribution in [0.15, 0.2) is 0 Å². The van der Waals surface area contributed by atoms with E-state index < -0.39 is 0 Å². The molecule has 0 amide bonds. The molecule has 0 radical (unpaired) electrons. The van der Waals surface area contributed by atoms with Gasteiger partial charge in [0.05, 0.1) is 11.7 Å². The predicted octanol–water partition coefficient (Wildman–Crippen LogP) is 3.63. The van der Waals surface area contributed by atoms with Gasteiger partial charge in [-0.15, -0.1) is 0 Å². The van der Waals surface area contributed by atoms with Crippen LogP contribution in [-0.4, -0.2) is 11.7 Å². The second-order valence-corrected chi connectivity index (χ2v) is 7.84. The van der Waals surface area contributed by atoms with Gasteiger partial charge in [0.1, 0.15) is 0 Å². The maximum Gasteiger partial charge on any atom is 0.0954 e. The van der Waals surface area contributed by atoms with Gasteiger partial charge in [-0.3, -0.25) is 0 Å². The average Bonchev–Trinajstić information content (AvgIpc) is 2.67. The van der Waals surface area contributed by atoms with Crippen molar-refractivity contribution in [1.82, 2.24) is 0 Å². The first-order valence-corrected chi connectivity index (χ1v) is 7.09. The lowest BCUT2D eigenvalue weighted by Crippen LogP contribution is -2.36. The molecule has 0 aromatic rings. The number of epoxide rings is 1. The van der Waals surface area contributed by atoms with Crippen molar-refractivity contribution in [3.05, 3.63) is 0 Å². The van der Waals surface area contributed by atoms with Crippen LogP contribution in [0.1, 0.15) is 53.4 Å². The Labute approximate surface area is 98.9 Å². The van der Waals surface area contributed by atoms with E-state index in [9.17, 15) is 0 Å². The van der Waals surface area contributed by atoms with Crippen molar-refractivity contribution in [2.45, 2.75) is 65.1 Å². The molecule has 1 nitrogen and oxygen atoms in total. The molecule has 4 aliphatic rings. The van der Waals surface area contributed by atoms with Crippen LogP contribution < -0.4 is 0 Å². The zero-order chi connectivity index (χ0) is 11.3. The zero-order valence-electron chi connectivity index (χ0n) is 11.0. The molecule has 0 unspecified atom stereocenters. The molecule has 3 aliphatic carbocycles. The molecule has 1 heteroatoms. The Bertz CT molecular complexity index is 356. The number of hydrogen-bond acceptors (Lipinski definition) is 1. The second-order valence-electron chi connectivity index (χ2n) is 7.84. The van der Waals surface area contributed by atoms with Crippen LogP contribution in [0.3, 0.4) is 0 Å². The topological polar surface area (TPSA) is 12.5 Å². The SMILES string of the molecule is C[C@@H]1CC[C@@H]2C(C)(C)[C@H]3C[C@@]12C[C@H]1O[C@]31C. The smallest absolute Gasteiger partial charge is 0.0954 e. The van der Waals surface area contributed by atoms with Gasteiger partial charge >= 0.3 is 0 Å². The third-order valence-corrected chi connectivity index (χ3v) is 7.18. The second kappa shape index (κ2) is 2.39. The molecule has 1 spiro atoms. The minimum Gasteiger partial charge on any atom is -0.366 e. The fraction of sp³-hybridized carbons (Fsp3) is 1.00. The molecule has 0 N–H and O–H groups in total. The fourth-order valence-electron chi connectivity index (χ4n) is 6.21. The van der Waals surface area contributed by atoms with Crippen molar-refractivity contribution in [2.24, 2.45) is 28.6 Å². The Hall–Kier alpha value is -0.0400. The van der Waals surface area contributed by atoms with Gasteiger partial charge in [0.2, 0.25) is 0 Å². The number of ether oxygens (including phenoxy) is 1. The van der Waals surface area contributed by atoms with Crippen LogP contribution in [0, 0.1) is 28.6 Å². The highest BCUT2D eigenvalue weighted by Crippen LogP contribution is 2.77. The summed E-state index contributed by atoms with van der Waals surface area (Å²) in [7, 11) is 0. The van der Waals surface area contributed by atoms with Crippen LogP contribution in [0.25, 0.3) is 0 Å². The van der Waals surface area contributed by atoms with Crippen LogP contribution in [-0.2, 0) is 4.74 Å². The summed E-state index contributed by atoms with van der Waals surface area (Å²) >= 11 is 0. The summed E-state index contributed by atoms with van der Waals surface area (Å²) in [5.41, 5.74) is 1.44. The van der Waals surface area contributed by atoms with E-state index in [1.165, 1.54) is 25.7 Å². The first kappa shape index (κ1) is 9.94. The van der Waals surface area contributed by atoms with Gasteiger partial charge in [-0.1, -0.05) is 20.8 Å². The molecule has 2 bridgehead atoms. The van der Waals surface area contributed by atoms with Gasteiger partial charge in [0.15, 0.2) is 0 Å². The number of rotatable bonds is 0. The average molecular weight is 220 g/mol. The van der Waals surface area contributed by atoms with Gasteiger partial charge in [-0.05, 0) is 61.2 Å². The lowest BCUT2D eigenvalue weighted by molar-refractivity contribution is 0.0866. The molecular formula is C15H24O. The summed E-state index contributed by atoms with van der Waals surface area (Å²) in [4.78, 5) is 0. The van der Waals surface area contributed by atoms with E-state index >= 15 is 0 Å². The Morgan fingerprint density at radius 1 is 1.00 bits per heavy atom. The summed E-state index contributed by atoms with van der Waals surface area (Å²) < 4.78 is 6.09. The van der Waals surface area contributed by atoms with Crippen molar-refractivity contribution in [2.75, 3.05) is 0 Å². The van der Waals surface area contributed by atoms with Crippen molar-refractivity contribution in [3.63, 3.8) is 0 Å². The van der Waals surface area contributed by atoms with Crippen molar-refractivity contribution >= 4 is 0 Å². The molecule has 1 aliphatic heterocycles. The number of hydrogen-bond donors (Lipinski definition) is 0. The first-order chi connectivity index (χ1) is 7.41. The first-order valence-electron chi connectivity index (χ1n) is 7.09. The highest BCUT2D eigenvalue weighted by atomic mass is 16.6. The maximum absolute atomic E-state index is 6.09. The third kappa shape index (κ3) is 0.805. The van der Waals surface area contributed by atoms with Gasteiger partial charge in [0.25, 0.3) is 0 Å². The van der Waals surface area contributed by atoms with E-state index in [4.69, 9.17) is 4.74 Å². The summed E-state index contributed by atoms with van der Waals surface area (Å²) in [6.07, 6.45) is 6.38. The monoisotopic (exact) mass is 220 g/mol. The summed E-state index contributed by atoms with van der Waals surface area (Å²) in [5.74, 6) is 2.75. The lowest BCUT2D eigenvalue weighted by Gasteiger charge is -2.37. The van der Waals surface area contributed by atoms with Crippen molar-refractivity contribution in [1.29, 1.82) is 0 Å². The maximum atomic E-state index is 6.09. The molecule has 90 valence electrons. The summed E-state index contributed by atoms with van der Waals surface area (Å²) in [6.45, 7) is 9.93. The van der Waals surface area contributed by atoms with Crippen LogP contribution in [0.4, 0.5) is 0 Å². The Balaban J connectivity index is 1.85. The number of fused-ring (bicyclic) bond motifs is 3. The lowest BCUT2D eigenvalue weighted by atomic mass is 9.66. The molecule has 1 heterocycles. The Morgan fingerprint density at radius 2 is 1.75 bits per heavy atom. The van der Waals surface area contributed by atoms with Gasteiger partial charge < -0.3 is 4.74 Å². The molecule has 4 rings (SSSR count). The van der Waals surface area contributed by atoms with E-state index in [0.717, 1.165) is 17.8 Å². The van der Waals surface area contributed by atoms with E-state index in [-0.39, 0.29) is 5.60 Å². The molecule has 3 saturated carbocycles.